The van der Waals surface area contributed by atoms with Crippen molar-refractivity contribution in [3.05, 3.63) is 17.0 Å². The number of aromatic nitrogens is 2. The molecule has 0 amide bonds. The van der Waals surface area contributed by atoms with Gasteiger partial charge in [-0.3, -0.25) is 9.58 Å². The van der Waals surface area contributed by atoms with Crippen LogP contribution in [-0.2, 0) is 13.1 Å². The Morgan fingerprint density at radius 3 is 2.64 bits per heavy atom. The van der Waals surface area contributed by atoms with Crippen LogP contribution in [-0.4, -0.2) is 28.3 Å². The molecule has 0 aliphatic carbocycles. The average molecular weight is 193 g/mol. The van der Waals surface area contributed by atoms with E-state index in [0.29, 0.717) is 5.92 Å². The monoisotopic (exact) mass is 193 g/mol. The first kappa shape index (κ1) is 9.71. The summed E-state index contributed by atoms with van der Waals surface area (Å²) in [4.78, 5) is 2.36. The van der Waals surface area contributed by atoms with Crippen molar-refractivity contribution in [2.24, 2.45) is 0 Å². The summed E-state index contributed by atoms with van der Waals surface area (Å²) in [5, 5.41) is 4.60. The third kappa shape index (κ3) is 1.46. The van der Waals surface area contributed by atoms with Gasteiger partial charge in [-0.1, -0.05) is 13.8 Å². The fraction of sp³-hybridized carbons (Fsp3) is 0.727. The van der Waals surface area contributed by atoms with Gasteiger partial charge in [0.25, 0.3) is 0 Å². The molecule has 0 unspecified atom stereocenters. The number of rotatable bonds is 1. The van der Waals surface area contributed by atoms with Crippen molar-refractivity contribution in [2.75, 3.05) is 13.6 Å². The molecule has 0 fully saturated rings. The van der Waals surface area contributed by atoms with Crippen LogP contribution in [0.4, 0.5) is 0 Å². The molecule has 0 saturated carbocycles. The summed E-state index contributed by atoms with van der Waals surface area (Å²) in [5.41, 5.74) is 4.09. The molecule has 0 bridgehead atoms. The quantitative estimate of drug-likeness (QED) is 0.677. The molecule has 14 heavy (non-hydrogen) atoms. The molecule has 78 valence electrons. The first-order valence-electron chi connectivity index (χ1n) is 5.34. The van der Waals surface area contributed by atoms with Gasteiger partial charge >= 0.3 is 0 Å². The second-order valence-electron chi connectivity index (χ2n) is 4.56. The molecular formula is C11H19N3. The fourth-order valence-electron chi connectivity index (χ4n) is 2.35. The van der Waals surface area contributed by atoms with E-state index in [9.17, 15) is 0 Å². The van der Waals surface area contributed by atoms with Gasteiger partial charge in [-0.2, -0.15) is 5.10 Å². The molecule has 0 aromatic carbocycles. The first-order chi connectivity index (χ1) is 6.59. The molecular weight excluding hydrogens is 174 g/mol. The minimum atomic E-state index is 0.588. The van der Waals surface area contributed by atoms with Gasteiger partial charge < -0.3 is 0 Å². The highest BCUT2D eigenvalue weighted by molar-refractivity contribution is 5.29. The third-order valence-corrected chi connectivity index (χ3v) is 2.97. The predicted octanol–water partition coefficient (Wildman–Crippen LogP) is 1.76. The first-order valence-corrected chi connectivity index (χ1v) is 5.34. The molecule has 0 spiro atoms. The Kier molecular flexibility index (Phi) is 2.35. The van der Waals surface area contributed by atoms with Crippen LogP contribution in [0.2, 0.25) is 0 Å². The minimum Gasteiger partial charge on any atom is -0.299 e. The smallest absolute Gasteiger partial charge is 0.0631 e. The molecule has 1 aliphatic heterocycles. The Hall–Kier alpha value is -0.830. The van der Waals surface area contributed by atoms with Crippen molar-refractivity contribution in [1.82, 2.24) is 14.7 Å². The van der Waals surface area contributed by atoms with E-state index in [1.54, 1.807) is 0 Å². The molecule has 0 atom stereocenters. The summed E-state index contributed by atoms with van der Waals surface area (Å²) < 4.78 is 2.19. The van der Waals surface area contributed by atoms with E-state index >= 15 is 0 Å². The van der Waals surface area contributed by atoms with Gasteiger partial charge in [0, 0.05) is 18.7 Å². The van der Waals surface area contributed by atoms with Crippen LogP contribution in [0, 0.1) is 6.92 Å². The Morgan fingerprint density at radius 2 is 2.00 bits per heavy atom. The largest absolute Gasteiger partial charge is 0.299 e. The maximum absolute atomic E-state index is 4.60. The van der Waals surface area contributed by atoms with E-state index in [-0.39, 0.29) is 0 Å². The van der Waals surface area contributed by atoms with E-state index in [2.05, 4.69) is 42.5 Å². The molecule has 3 nitrogen and oxygen atoms in total. The zero-order valence-electron chi connectivity index (χ0n) is 9.54. The van der Waals surface area contributed by atoms with Crippen molar-refractivity contribution in [3.8, 4) is 0 Å². The van der Waals surface area contributed by atoms with E-state index in [1.807, 2.05) is 0 Å². The van der Waals surface area contributed by atoms with Crippen LogP contribution < -0.4 is 0 Å². The van der Waals surface area contributed by atoms with Gasteiger partial charge in [-0.05, 0) is 19.9 Å². The SMILES string of the molecule is Cc1nn2c(c1C(C)C)CN(C)CC2. The van der Waals surface area contributed by atoms with Gasteiger partial charge in [0.2, 0.25) is 0 Å². The van der Waals surface area contributed by atoms with Crippen LogP contribution in [0.1, 0.15) is 36.7 Å². The van der Waals surface area contributed by atoms with E-state index in [0.717, 1.165) is 19.6 Å². The summed E-state index contributed by atoms with van der Waals surface area (Å²) in [7, 11) is 2.18. The second kappa shape index (κ2) is 3.39. The molecule has 0 saturated heterocycles. The van der Waals surface area contributed by atoms with Crippen molar-refractivity contribution in [2.45, 2.75) is 39.8 Å². The van der Waals surface area contributed by atoms with Crippen LogP contribution in [0.25, 0.3) is 0 Å². The lowest BCUT2D eigenvalue weighted by Crippen LogP contribution is -2.31. The zero-order valence-corrected chi connectivity index (χ0v) is 9.54. The molecule has 0 radical (unpaired) electrons. The maximum atomic E-state index is 4.60. The van der Waals surface area contributed by atoms with Crippen molar-refractivity contribution in [3.63, 3.8) is 0 Å². The summed E-state index contributed by atoms with van der Waals surface area (Å²) in [5.74, 6) is 0.588. The van der Waals surface area contributed by atoms with Gasteiger partial charge in [0.05, 0.1) is 17.9 Å². The van der Waals surface area contributed by atoms with Crippen molar-refractivity contribution in [1.29, 1.82) is 0 Å². The lowest BCUT2D eigenvalue weighted by atomic mass is 10.00. The standard InChI is InChI=1S/C11H19N3/c1-8(2)11-9(3)12-14-6-5-13(4)7-10(11)14/h8H,5-7H2,1-4H3. The molecule has 0 N–H and O–H groups in total. The third-order valence-electron chi connectivity index (χ3n) is 2.97. The molecule has 1 aromatic heterocycles. The summed E-state index contributed by atoms with van der Waals surface area (Å²) in [6, 6.07) is 0. The topological polar surface area (TPSA) is 21.1 Å². The predicted molar refractivity (Wildman–Crippen MR) is 57.4 cm³/mol. The van der Waals surface area contributed by atoms with Crippen LogP contribution in [0.3, 0.4) is 0 Å². The van der Waals surface area contributed by atoms with Crippen LogP contribution >= 0.6 is 0 Å². The lowest BCUT2D eigenvalue weighted by Gasteiger charge is -2.24. The highest BCUT2D eigenvalue weighted by Gasteiger charge is 2.21. The molecule has 2 heterocycles. The number of hydrogen-bond acceptors (Lipinski definition) is 2. The molecule has 1 aliphatic rings. The van der Waals surface area contributed by atoms with Crippen molar-refractivity contribution < 1.29 is 0 Å². The zero-order chi connectivity index (χ0) is 10.3. The van der Waals surface area contributed by atoms with Crippen molar-refractivity contribution >= 4 is 0 Å². The Bertz CT molecular complexity index is 339. The normalized spacial score (nSPS) is 17.5. The number of nitrogens with zero attached hydrogens (tertiary/aromatic N) is 3. The van der Waals surface area contributed by atoms with E-state index < -0.39 is 0 Å². The number of hydrogen-bond donors (Lipinski definition) is 0. The number of likely N-dealkylation sites (N-methyl/N-ethyl adjacent to an activating group) is 1. The van der Waals surface area contributed by atoms with E-state index in [4.69, 9.17) is 0 Å². The van der Waals surface area contributed by atoms with Gasteiger partial charge in [0.1, 0.15) is 0 Å². The van der Waals surface area contributed by atoms with Gasteiger partial charge in [-0.15, -0.1) is 0 Å². The lowest BCUT2D eigenvalue weighted by molar-refractivity contribution is 0.257. The van der Waals surface area contributed by atoms with Crippen LogP contribution in [0.15, 0.2) is 0 Å². The van der Waals surface area contributed by atoms with E-state index in [1.165, 1.54) is 17.0 Å². The van der Waals surface area contributed by atoms with Gasteiger partial charge in [-0.25, -0.2) is 0 Å². The molecule has 1 aromatic rings. The Morgan fingerprint density at radius 1 is 1.29 bits per heavy atom. The number of fused-ring (bicyclic) bond motifs is 1. The Balaban J connectivity index is 2.45. The number of aryl methyl sites for hydroxylation is 1. The average Bonchev–Trinajstić information content (AvgIpc) is 2.40. The van der Waals surface area contributed by atoms with Crippen LogP contribution in [0.5, 0.6) is 0 Å². The molecule has 2 rings (SSSR count). The summed E-state index contributed by atoms with van der Waals surface area (Å²) >= 11 is 0. The Labute approximate surface area is 85.7 Å². The maximum Gasteiger partial charge on any atom is 0.0631 e. The second-order valence-corrected chi connectivity index (χ2v) is 4.56. The minimum absolute atomic E-state index is 0.588. The fourth-order valence-corrected chi connectivity index (χ4v) is 2.35. The highest BCUT2D eigenvalue weighted by Crippen LogP contribution is 2.25. The summed E-state index contributed by atoms with van der Waals surface area (Å²) in [6.07, 6.45) is 0. The molecule has 3 heteroatoms. The summed E-state index contributed by atoms with van der Waals surface area (Å²) in [6.45, 7) is 9.83. The van der Waals surface area contributed by atoms with Gasteiger partial charge in [0.15, 0.2) is 0 Å². The highest BCUT2D eigenvalue weighted by atomic mass is 15.3.